The summed E-state index contributed by atoms with van der Waals surface area (Å²) in [4.78, 5) is 13.7. The van der Waals surface area contributed by atoms with E-state index in [1.54, 1.807) is 12.3 Å². The van der Waals surface area contributed by atoms with E-state index in [0.29, 0.717) is 5.56 Å². The van der Waals surface area contributed by atoms with Crippen molar-refractivity contribution >= 4 is 21.7 Å². The highest BCUT2D eigenvalue weighted by Crippen LogP contribution is 2.09. The van der Waals surface area contributed by atoms with E-state index in [4.69, 9.17) is 5.73 Å². The van der Waals surface area contributed by atoms with Crippen LogP contribution in [0, 0.1) is 0 Å². The molecule has 3 N–H and O–H groups in total. The summed E-state index contributed by atoms with van der Waals surface area (Å²) < 4.78 is 0.796. The molecule has 0 aromatic carbocycles. The highest BCUT2D eigenvalue weighted by Gasteiger charge is 2.03. The third-order valence-corrected chi connectivity index (χ3v) is 1.61. The summed E-state index contributed by atoms with van der Waals surface area (Å²) in [7, 11) is 0. The second-order valence-corrected chi connectivity index (χ2v) is 2.72. The lowest BCUT2D eigenvalue weighted by molar-refractivity contribution is 0.100. The molecule has 0 bridgehead atoms. The molecule has 4 heteroatoms. The van der Waals surface area contributed by atoms with Crippen molar-refractivity contribution < 1.29 is 4.79 Å². The van der Waals surface area contributed by atoms with Gasteiger partial charge in [-0.2, -0.15) is 0 Å². The molecule has 0 saturated carbocycles. The summed E-state index contributed by atoms with van der Waals surface area (Å²) in [6.07, 6.45) is 1.62. The van der Waals surface area contributed by atoms with Gasteiger partial charge in [0.25, 0.3) is 0 Å². The fraction of sp³-hybridized carbons (Fsp3) is 0.167. The molecule has 1 rings (SSSR count). The zero-order valence-corrected chi connectivity index (χ0v) is 6.81. The SMILES string of the molecule is NCC(=O)c1c[nH]c(Br)c1. The number of nitrogens with one attached hydrogen (secondary N) is 1. The van der Waals surface area contributed by atoms with Crippen LogP contribution in [0.1, 0.15) is 10.4 Å². The van der Waals surface area contributed by atoms with Crippen molar-refractivity contribution in [3.8, 4) is 0 Å². The van der Waals surface area contributed by atoms with E-state index in [2.05, 4.69) is 20.9 Å². The van der Waals surface area contributed by atoms with Gasteiger partial charge in [0.05, 0.1) is 11.1 Å². The van der Waals surface area contributed by atoms with Crippen molar-refractivity contribution in [2.24, 2.45) is 5.73 Å². The molecular formula is C6H7BrN2O. The average Bonchev–Trinajstić information content (AvgIpc) is 2.34. The lowest BCUT2D eigenvalue weighted by atomic mass is 10.2. The Hall–Kier alpha value is -0.610. The van der Waals surface area contributed by atoms with Gasteiger partial charge in [-0.3, -0.25) is 4.79 Å². The second kappa shape index (κ2) is 2.98. The van der Waals surface area contributed by atoms with Crippen LogP contribution >= 0.6 is 15.9 Å². The van der Waals surface area contributed by atoms with E-state index in [1.165, 1.54) is 0 Å². The summed E-state index contributed by atoms with van der Waals surface area (Å²) in [5, 5.41) is 0. The van der Waals surface area contributed by atoms with Crippen molar-refractivity contribution in [1.29, 1.82) is 0 Å². The van der Waals surface area contributed by atoms with Crippen molar-refractivity contribution in [3.63, 3.8) is 0 Å². The van der Waals surface area contributed by atoms with Crippen LogP contribution < -0.4 is 5.73 Å². The quantitative estimate of drug-likeness (QED) is 0.702. The van der Waals surface area contributed by atoms with Gasteiger partial charge in [0, 0.05) is 11.8 Å². The predicted molar refractivity (Wildman–Crippen MR) is 41.9 cm³/mol. The Bertz CT molecular complexity index is 244. The minimum absolute atomic E-state index is 0.0537. The van der Waals surface area contributed by atoms with Crippen LogP contribution in [0.3, 0.4) is 0 Å². The lowest BCUT2D eigenvalue weighted by Gasteiger charge is -1.87. The third-order valence-electron chi connectivity index (χ3n) is 1.16. The second-order valence-electron chi connectivity index (χ2n) is 1.86. The molecule has 0 fully saturated rings. The maximum Gasteiger partial charge on any atom is 0.177 e. The van der Waals surface area contributed by atoms with Crippen LogP contribution in [-0.2, 0) is 0 Å². The van der Waals surface area contributed by atoms with E-state index in [0.717, 1.165) is 4.60 Å². The molecule has 54 valence electrons. The third kappa shape index (κ3) is 1.46. The minimum Gasteiger partial charge on any atom is -0.355 e. The molecule has 10 heavy (non-hydrogen) atoms. The Morgan fingerprint density at radius 2 is 2.50 bits per heavy atom. The first-order chi connectivity index (χ1) is 4.74. The maximum absolute atomic E-state index is 10.9. The maximum atomic E-state index is 10.9. The molecule has 0 atom stereocenters. The van der Waals surface area contributed by atoms with Gasteiger partial charge in [-0.15, -0.1) is 0 Å². The van der Waals surface area contributed by atoms with Crippen molar-refractivity contribution in [2.45, 2.75) is 0 Å². The topological polar surface area (TPSA) is 58.9 Å². The van der Waals surface area contributed by atoms with Gasteiger partial charge in [0.1, 0.15) is 0 Å². The van der Waals surface area contributed by atoms with E-state index in [1.807, 2.05) is 0 Å². The Morgan fingerprint density at radius 1 is 1.80 bits per heavy atom. The monoisotopic (exact) mass is 202 g/mol. The number of ketones is 1. The number of hydrogen-bond donors (Lipinski definition) is 2. The van der Waals surface area contributed by atoms with Gasteiger partial charge in [-0.25, -0.2) is 0 Å². The van der Waals surface area contributed by atoms with Gasteiger partial charge in [-0.1, -0.05) is 0 Å². The summed E-state index contributed by atoms with van der Waals surface area (Å²) in [5.41, 5.74) is 5.75. The van der Waals surface area contributed by atoms with Crippen LogP contribution in [-0.4, -0.2) is 17.3 Å². The molecule has 0 amide bonds. The standard InChI is InChI=1S/C6H7BrN2O/c7-6-1-4(3-9-6)5(10)2-8/h1,3,9H,2,8H2. The number of Topliss-reactive ketones (excluding diaryl/α,β-unsaturated/α-hetero) is 1. The fourth-order valence-corrected chi connectivity index (χ4v) is 1.01. The first-order valence-electron chi connectivity index (χ1n) is 2.81. The first kappa shape index (κ1) is 7.50. The highest BCUT2D eigenvalue weighted by atomic mass is 79.9. The highest BCUT2D eigenvalue weighted by molar-refractivity contribution is 9.10. The molecule has 0 aliphatic carbocycles. The van der Waals surface area contributed by atoms with E-state index in [-0.39, 0.29) is 12.3 Å². The van der Waals surface area contributed by atoms with Gasteiger partial charge >= 0.3 is 0 Å². The number of H-pyrrole nitrogens is 1. The molecule has 0 spiro atoms. The van der Waals surface area contributed by atoms with E-state index in [9.17, 15) is 4.79 Å². The van der Waals surface area contributed by atoms with Crippen molar-refractivity contribution in [3.05, 3.63) is 22.4 Å². The summed E-state index contributed by atoms with van der Waals surface area (Å²) in [6.45, 7) is 0.0598. The molecular weight excluding hydrogens is 196 g/mol. The number of aromatic amines is 1. The predicted octanol–water partition coefficient (Wildman–Crippen LogP) is 0.919. The van der Waals surface area contributed by atoms with Crippen LogP contribution in [0.5, 0.6) is 0 Å². The summed E-state index contributed by atoms with van der Waals surface area (Å²) in [6, 6.07) is 1.70. The Balaban J connectivity index is 2.85. The molecule has 0 unspecified atom stereocenters. The number of carbonyl (C=O) groups is 1. The fourth-order valence-electron chi connectivity index (χ4n) is 0.645. The van der Waals surface area contributed by atoms with E-state index >= 15 is 0 Å². The molecule has 0 radical (unpaired) electrons. The van der Waals surface area contributed by atoms with Gasteiger partial charge in [0.2, 0.25) is 0 Å². The van der Waals surface area contributed by atoms with Crippen LogP contribution in [0.15, 0.2) is 16.9 Å². The lowest BCUT2D eigenvalue weighted by Crippen LogP contribution is -2.12. The molecule has 3 nitrogen and oxygen atoms in total. The van der Waals surface area contributed by atoms with Crippen LogP contribution in [0.25, 0.3) is 0 Å². The summed E-state index contributed by atoms with van der Waals surface area (Å²) in [5.74, 6) is -0.0537. The van der Waals surface area contributed by atoms with Gasteiger partial charge < -0.3 is 10.7 Å². The average molecular weight is 203 g/mol. The summed E-state index contributed by atoms with van der Waals surface area (Å²) >= 11 is 3.18. The smallest absolute Gasteiger partial charge is 0.177 e. The molecule has 0 aliphatic heterocycles. The molecule has 0 aliphatic rings. The number of nitrogens with two attached hydrogens (primary N) is 1. The Kier molecular flexibility index (Phi) is 2.24. The number of aromatic nitrogens is 1. The zero-order valence-electron chi connectivity index (χ0n) is 5.23. The van der Waals surface area contributed by atoms with Crippen molar-refractivity contribution in [2.75, 3.05) is 6.54 Å². The van der Waals surface area contributed by atoms with Gasteiger partial charge in [-0.05, 0) is 22.0 Å². The Labute approximate surface area is 66.7 Å². The van der Waals surface area contributed by atoms with E-state index < -0.39 is 0 Å². The normalized spacial score (nSPS) is 9.80. The Morgan fingerprint density at radius 3 is 2.90 bits per heavy atom. The number of carbonyl (C=O) groups excluding carboxylic acids is 1. The molecule has 1 aromatic rings. The minimum atomic E-state index is -0.0537. The molecule has 1 aromatic heterocycles. The number of halogens is 1. The molecule has 0 saturated heterocycles. The van der Waals surface area contributed by atoms with Crippen LogP contribution in [0.2, 0.25) is 0 Å². The first-order valence-corrected chi connectivity index (χ1v) is 3.60. The molecule has 1 heterocycles. The van der Waals surface area contributed by atoms with Crippen molar-refractivity contribution in [1.82, 2.24) is 4.98 Å². The largest absolute Gasteiger partial charge is 0.355 e. The number of rotatable bonds is 2. The van der Waals surface area contributed by atoms with Gasteiger partial charge in [0.15, 0.2) is 5.78 Å². The van der Waals surface area contributed by atoms with Crippen LogP contribution in [0.4, 0.5) is 0 Å². The number of hydrogen-bond acceptors (Lipinski definition) is 2. The zero-order chi connectivity index (χ0) is 7.56.